The van der Waals surface area contributed by atoms with Crippen molar-refractivity contribution in [3.63, 3.8) is 0 Å². The molecule has 176 valence electrons. The third-order valence-electron chi connectivity index (χ3n) is 8.01. The SMILES string of the molecule is c1ccc2c(c1)ccc1ccc(cc1)ccc1ccccc1c1ccc3ccc4c2ccc2ccc1c3c24. The van der Waals surface area contributed by atoms with Gasteiger partial charge in [0.1, 0.15) is 0 Å². The minimum atomic E-state index is 1.19. The summed E-state index contributed by atoms with van der Waals surface area (Å²) in [6.07, 6.45) is 0. The molecule has 0 aliphatic rings. The van der Waals surface area contributed by atoms with Gasteiger partial charge in [0.05, 0.1) is 0 Å². The van der Waals surface area contributed by atoms with Crippen molar-refractivity contribution in [3.8, 4) is 0 Å². The lowest BCUT2D eigenvalue weighted by Crippen LogP contribution is -1.86. The molecule has 8 bridgehead atoms. The highest BCUT2D eigenvalue weighted by molar-refractivity contribution is 6.32. The van der Waals surface area contributed by atoms with Gasteiger partial charge in [-0.15, -0.1) is 0 Å². The van der Waals surface area contributed by atoms with E-state index in [0.29, 0.717) is 0 Å². The van der Waals surface area contributed by atoms with Gasteiger partial charge in [0, 0.05) is 0 Å². The van der Waals surface area contributed by atoms with Crippen LogP contribution in [0.5, 0.6) is 0 Å². The molecule has 0 radical (unpaired) electrons. The summed E-state index contributed by atoms with van der Waals surface area (Å²) in [6.45, 7) is 0. The fourth-order valence-corrected chi connectivity index (χ4v) is 6.14. The molecule has 9 aromatic rings. The molecule has 0 nitrogen and oxygen atoms in total. The predicted octanol–water partition coefficient (Wildman–Crippen LogP) is 10.9. The van der Waals surface area contributed by atoms with Crippen LogP contribution in [0.4, 0.5) is 0 Å². The Morgan fingerprint density at radius 1 is 0.211 bits per heavy atom. The first-order chi connectivity index (χ1) is 18.8. The first-order valence-electron chi connectivity index (χ1n) is 13.2. The molecule has 38 heavy (non-hydrogen) atoms. The molecule has 0 heteroatoms. The Kier molecular flexibility index (Phi) is 4.62. The molecule has 0 fully saturated rings. The van der Waals surface area contributed by atoms with E-state index >= 15 is 0 Å². The quantitative estimate of drug-likeness (QED) is 0.189. The van der Waals surface area contributed by atoms with Gasteiger partial charge in [-0.1, -0.05) is 146 Å². The topological polar surface area (TPSA) is 0 Å². The molecule has 0 heterocycles. The highest BCUT2D eigenvalue weighted by Gasteiger charge is 2.12. The summed E-state index contributed by atoms with van der Waals surface area (Å²) in [4.78, 5) is 0. The number of hydrogen-bond donors (Lipinski definition) is 0. The van der Waals surface area contributed by atoms with Crippen molar-refractivity contribution >= 4 is 75.4 Å². The monoisotopic (exact) mass is 480 g/mol. The smallest absolute Gasteiger partial charge is 0.00203 e. The normalized spacial score (nSPS) is 11.7. The maximum atomic E-state index is 2.31. The van der Waals surface area contributed by atoms with Gasteiger partial charge in [-0.25, -0.2) is 0 Å². The Hall–Kier alpha value is -4.94. The summed E-state index contributed by atoms with van der Waals surface area (Å²) in [7, 11) is 0. The number of benzene rings is 7. The molecule has 0 amide bonds. The second-order valence-corrected chi connectivity index (χ2v) is 10.2. The molecule has 0 aliphatic carbocycles. The van der Waals surface area contributed by atoms with Crippen molar-refractivity contribution in [1.29, 1.82) is 0 Å². The molecule has 0 spiro atoms. The Labute approximate surface area is 220 Å². The number of hydrogen-bond acceptors (Lipinski definition) is 0. The van der Waals surface area contributed by atoms with Crippen LogP contribution in [0.25, 0.3) is 75.4 Å². The van der Waals surface area contributed by atoms with E-state index in [2.05, 4.69) is 146 Å². The number of fused-ring (bicyclic) bond motifs is 4. The van der Waals surface area contributed by atoms with Crippen LogP contribution < -0.4 is 0 Å². The molecule has 0 unspecified atom stereocenters. The van der Waals surface area contributed by atoms with E-state index in [4.69, 9.17) is 0 Å². The zero-order valence-corrected chi connectivity index (χ0v) is 20.9. The Morgan fingerprint density at radius 2 is 0.553 bits per heavy atom. The summed E-state index contributed by atoms with van der Waals surface area (Å²) in [5.74, 6) is 0. The van der Waals surface area contributed by atoms with Gasteiger partial charge in [-0.05, 0) is 75.4 Å². The average Bonchev–Trinajstić information content (AvgIpc) is 2.98. The first-order valence-corrected chi connectivity index (χ1v) is 13.2. The van der Waals surface area contributed by atoms with Crippen molar-refractivity contribution in [2.75, 3.05) is 0 Å². The van der Waals surface area contributed by atoms with E-state index in [1.807, 2.05) is 0 Å². The zero-order chi connectivity index (χ0) is 25.1. The second kappa shape index (κ2) is 8.30. The van der Waals surface area contributed by atoms with Crippen molar-refractivity contribution in [3.05, 3.63) is 146 Å². The highest BCUT2D eigenvalue weighted by atomic mass is 14.1. The predicted molar refractivity (Wildman–Crippen MR) is 167 cm³/mol. The molecule has 0 saturated heterocycles. The summed E-state index contributed by atoms with van der Waals surface area (Å²) in [6, 6.07) is 53.6. The Bertz CT molecular complexity index is 2100. The first kappa shape index (κ1) is 21.2. The Balaban J connectivity index is 1.69. The van der Waals surface area contributed by atoms with E-state index in [1.165, 1.54) is 75.4 Å². The standard InChI is InChI=1S/C38H24/c1-3-7-31-27(5-1)15-13-25-9-11-26(12-10-25)14-16-28-6-2-4-8-32(28)34-22-18-30-19-23-35-33(31)21-17-29-20-24-36(34)38(30)37(29)35/h1-24H. The maximum absolute atomic E-state index is 2.31. The fraction of sp³-hybridized carbons (Fsp3) is 0. The van der Waals surface area contributed by atoms with Crippen LogP contribution in [-0.4, -0.2) is 0 Å². The van der Waals surface area contributed by atoms with Crippen LogP contribution >= 0.6 is 0 Å². The van der Waals surface area contributed by atoms with Crippen LogP contribution in [0.15, 0.2) is 146 Å². The van der Waals surface area contributed by atoms with Gasteiger partial charge in [-0.2, -0.15) is 0 Å². The van der Waals surface area contributed by atoms with Crippen LogP contribution in [-0.2, 0) is 0 Å². The fourth-order valence-electron chi connectivity index (χ4n) is 6.14. The molecular formula is C38H24. The van der Waals surface area contributed by atoms with Crippen molar-refractivity contribution < 1.29 is 0 Å². The van der Waals surface area contributed by atoms with Gasteiger partial charge in [0.2, 0.25) is 0 Å². The third kappa shape index (κ3) is 3.24. The zero-order valence-electron chi connectivity index (χ0n) is 20.9. The van der Waals surface area contributed by atoms with Gasteiger partial charge in [0.25, 0.3) is 0 Å². The van der Waals surface area contributed by atoms with Gasteiger partial charge >= 0.3 is 0 Å². The van der Waals surface area contributed by atoms with Gasteiger partial charge in [-0.3, -0.25) is 0 Å². The van der Waals surface area contributed by atoms with Crippen LogP contribution in [0.2, 0.25) is 0 Å². The van der Waals surface area contributed by atoms with E-state index < -0.39 is 0 Å². The van der Waals surface area contributed by atoms with Crippen LogP contribution in [0.3, 0.4) is 0 Å². The van der Waals surface area contributed by atoms with E-state index in [0.717, 1.165) is 0 Å². The molecule has 0 N–H and O–H groups in total. The third-order valence-corrected chi connectivity index (χ3v) is 8.01. The summed E-state index contributed by atoms with van der Waals surface area (Å²) < 4.78 is 0. The Morgan fingerprint density at radius 3 is 1.00 bits per heavy atom. The number of rotatable bonds is 0. The van der Waals surface area contributed by atoms with E-state index in [9.17, 15) is 0 Å². The average molecular weight is 481 g/mol. The summed E-state index contributed by atoms with van der Waals surface area (Å²) in [5, 5.41) is 17.8. The van der Waals surface area contributed by atoms with Crippen molar-refractivity contribution in [2.24, 2.45) is 0 Å². The molecule has 0 atom stereocenters. The lowest BCUT2D eigenvalue weighted by Gasteiger charge is -2.14. The van der Waals surface area contributed by atoms with E-state index in [-0.39, 0.29) is 0 Å². The minimum absolute atomic E-state index is 1.19. The summed E-state index contributed by atoms with van der Waals surface area (Å²) in [5.41, 5.74) is 0. The molecule has 0 aliphatic heterocycles. The summed E-state index contributed by atoms with van der Waals surface area (Å²) >= 11 is 0. The van der Waals surface area contributed by atoms with E-state index in [1.54, 1.807) is 0 Å². The largest absolute Gasteiger partial charge is 0.0616 e. The van der Waals surface area contributed by atoms with Gasteiger partial charge in [0.15, 0.2) is 0 Å². The minimum Gasteiger partial charge on any atom is -0.0616 e. The molecule has 0 saturated carbocycles. The van der Waals surface area contributed by atoms with Crippen molar-refractivity contribution in [1.82, 2.24) is 0 Å². The molecule has 9 rings (SSSR count). The highest BCUT2D eigenvalue weighted by Crippen LogP contribution is 2.40. The second-order valence-electron chi connectivity index (χ2n) is 10.2. The van der Waals surface area contributed by atoms with Gasteiger partial charge < -0.3 is 0 Å². The van der Waals surface area contributed by atoms with Crippen LogP contribution in [0, 0.1) is 0 Å². The maximum Gasteiger partial charge on any atom is -0.00203 e. The van der Waals surface area contributed by atoms with Crippen LogP contribution in [0.1, 0.15) is 0 Å². The molecule has 9 aromatic carbocycles. The lowest BCUT2D eigenvalue weighted by molar-refractivity contribution is 1.77. The molecule has 0 aromatic heterocycles. The van der Waals surface area contributed by atoms with Crippen molar-refractivity contribution in [2.45, 2.75) is 0 Å². The molecular weight excluding hydrogens is 456 g/mol. The lowest BCUT2D eigenvalue weighted by atomic mass is 9.90.